The Hall–Kier alpha value is -2.61. The maximum absolute atomic E-state index is 11.7. The molecular formula is C11H8N4O3S. The van der Waals surface area contributed by atoms with Crippen molar-refractivity contribution in [3.8, 4) is 0 Å². The Morgan fingerprint density at radius 2 is 2.11 bits per heavy atom. The van der Waals surface area contributed by atoms with Gasteiger partial charge in [0.1, 0.15) is 5.69 Å². The van der Waals surface area contributed by atoms with Crippen LogP contribution in [0.2, 0.25) is 0 Å². The summed E-state index contributed by atoms with van der Waals surface area (Å²) in [6.07, 6.45) is 8.09. The smallest absolute Gasteiger partial charge is 0.328 e. The largest absolute Gasteiger partial charge is 0.478 e. The standard InChI is InChI=1S/C11H8N4O3S/c16-9(17)2-1-7-5-14-11(19-7)15-10(18)8-6-12-3-4-13-8/h1-6H,(H,16,17)(H,14,15,18)/b2-1+. The molecule has 2 rings (SSSR count). The quantitative estimate of drug-likeness (QED) is 0.815. The monoisotopic (exact) mass is 276 g/mol. The van der Waals surface area contributed by atoms with Gasteiger partial charge in [-0.1, -0.05) is 11.3 Å². The molecule has 0 aromatic carbocycles. The van der Waals surface area contributed by atoms with Gasteiger partial charge in [0.05, 0.1) is 6.20 Å². The first-order valence-corrected chi connectivity index (χ1v) is 5.91. The SMILES string of the molecule is O=C(O)/C=C/c1cnc(NC(=O)c2cnccn2)s1. The van der Waals surface area contributed by atoms with Crippen LogP contribution < -0.4 is 5.32 Å². The van der Waals surface area contributed by atoms with E-state index in [1.165, 1.54) is 30.9 Å². The van der Waals surface area contributed by atoms with Crippen LogP contribution in [0.3, 0.4) is 0 Å². The average Bonchev–Trinajstić information content (AvgIpc) is 2.85. The molecule has 2 N–H and O–H groups in total. The van der Waals surface area contributed by atoms with Crippen LogP contribution in [0, 0.1) is 0 Å². The molecule has 0 aliphatic heterocycles. The van der Waals surface area contributed by atoms with Crippen molar-refractivity contribution in [3.63, 3.8) is 0 Å². The number of nitrogens with one attached hydrogen (secondary N) is 1. The molecule has 1 amide bonds. The molecule has 0 radical (unpaired) electrons. The van der Waals surface area contributed by atoms with E-state index in [-0.39, 0.29) is 5.69 Å². The normalized spacial score (nSPS) is 10.5. The summed E-state index contributed by atoms with van der Waals surface area (Å²) < 4.78 is 0. The minimum atomic E-state index is -1.04. The van der Waals surface area contributed by atoms with Gasteiger partial charge in [-0.3, -0.25) is 15.1 Å². The lowest BCUT2D eigenvalue weighted by Crippen LogP contribution is -2.13. The summed E-state index contributed by atoms with van der Waals surface area (Å²) in [4.78, 5) is 34.3. The molecule has 0 fully saturated rings. The minimum absolute atomic E-state index is 0.181. The number of anilines is 1. The second-order valence-electron chi connectivity index (χ2n) is 3.28. The van der Waals surface area contributed by atoms with Gasteiger partial charge in [-0.25, -0.2) is 14.8 Å². The van der Waals surface area contributed by atoms with Crippen molar-refractivity contribution in [2.24, 2.45) is 0 Å². The highest BCUT2D eigenvalue weighted by Crippen LogP contribution is 2.19. The van der Waals surface area contributed by atoms with E-state index in [0.717, 1.165) is 17.4 Å². The predicted molar refractivity (Wildman–Crippen MR) is 68.8 cm³/mol. The second kappa shape index (κ2) is 5.83. The number of aromatic nitrogens is 3. The van der Waals surface area contributed by atoms with Gasteiger partial charge in [0.25, 0.3) is 5.91 Å². The number of carboxylic acids is 1. The van der Waals surface area contributed by atoms with E-state index in [1.54, 1.807) is 0 Å². The number of nitrogens with zero attached hydrogens (tertiary/aromatic N) is 3. The van der Waals surface area contributed by atoms with Crippen molar-refractivity contribution in [1.29, 1.82) is 0 Å². The van der Waals surface area contributed by atoms with E-state index in [4.69, 9.17) is 5.11 Å². The summed E-state index contributed by atoms with van der Waals surface area (Å²) in [6, 6.07) is 0. The molecule has 0 saturated heterocycles. The summed E-state index contributed by atoms with van der Waals surface area (Å²) in [5.74, 6) is -1.46. The number of rotatable bonds is 4. The Morgan fingerprint density at radius 1 is 1.26 bits per heavy atom. The molecule has 2 aromatic rings. The van der Waals surface area contributed by atoms with Crippen molar-refractivity contribution < 1.29 is 14.7 Å². The minimum Gasteiger partial charge on any atom is -0.478 e. The zero-order valence-corrected chi connectivity index (χ0v) is 10.3. The molecule has 2 aromatic heterocycles. The maximum Gasteiger partial charge on any atom is 0.328 e. The Balaban J connectivity index is 2.04. The van der Waals surface area contributed by atoms with Gasteiger partial charge in [0, 0.05) is 29.5 Å². The predicted octanol–water partition coefficient (Wildman–Crippen LogP) is 1.28. The molecule has 0 bridgehead atoms. The maximum atomic E-state index is 11.7. The number of hydrogen-bond donors (Lipinski definition) is 2. The number of amides is 1. The lowest BCUT2D eigenvalue weighted by Gasteiger charge is -1.98. The molecule has 19 heavy (non-hydrogen) atoms. The molecule has 0 atom stereocenters. The summed E-state index contributed by atoms with van der Waals surface area (Å²) in [5, 5.41) is 11.4. The Labute approximate surface area is 111 Å². The first-order chi connectivity index (χ1) is 9.15. The van der Waals surface area contributed by atoms with Crippen molar-refractivity contribution in [2.75, 3.05) is 5.32 Å². The number of aliphatic carboxylic acids is 1. The zero-order valence-electron chi connectivity index (χ0n) is 9.48. The molecule has 0 spiro atoms. The van der Waals surface area contributed by atoms with Crippen LogP contribution in [0.4, 0.5) is 5.13 Å². The van der Waals surface area contributed by atoms with Gasteiger partial charge in [-0.05, 0) is 6.08 Å². The van der Waals surface area contributed by atoms with Crippen LogP contribution in [0.25, 0.3) is 6.08 Å². The highest BCUT2D eigenvalue weighted by Gasteiger charge is 2.09. The third kappa shape index (κ3) is 3.68. The molecule has 8 heteroatoms. The Bertz CT molecular complexity index is 624. The third-order valence-corrected chi connectivity index (χ3v) is 2.81. The molecule has 7 nitrogen and oxygen atoms in total. The van der Waals surface area contributed by atoms with E-state index >= 15 is 0 Å². The third-order valence-electron chi connectivity index (χ3n) is 1.93. The highest BCUT2D eigenvalue weighted by atomic mass is 32.1. The van der Waals surface area contributed by atoms with Crippen molar-refractivity contribution in [2.45, 2.75) is 0 Å². The molecule has 2 heterocycles. The summed E-state index contributed by atoms with van der Waals surface area (Å²) in [7, 11) is 0. The van der Waals surface area contributed by atoms with Crippen LogP contribution in [-0.2, 0) is 4.79 Å². The summed E-state index contributed by atoms with van der Waals surface area (Å²) in [6.45, 7) is 0. The van der Waals surface area contributed by atoms with Crippen molar-refractivity contribution in [3.05, 3.63) is 41.4 Å². The fourth-order valence-corrected chi connectivity index (χ4v) is 1.87. The first-order valence-electron chi connectivity index (χ1n) is 5.09. The molecule has 0 unspecified atom stereocenters. The van der Waals surface area contributed by atoms with E-state index in [9.17, 15) is 9.59 Å². The second-order valence-corrected chi connectivity index (χ2v) is 4.35. The van der Waals surface area contributed by atoms with Gasteiger partial charge in [-0.2, -0.15) is 0 Å². The van der Waals surface area contributed by atoms with Crippen LogP contribution in [0.15, 0.2) is 30.9 Å². The van der Waals surface area contributed by atoms with Gasteiger partial charge < -0.3 is 5.11 Å². The number of carbonyl (C=O) groups excluding carboxylic acids is 1. The van der Waals surface area contributed by atoms with E-state index in [2.05, 4.69) is 20.3 Å². The highest BCUT2D eigenvalue weighted by molar-refractivity contribution is 7.16. The van der Waals surface area contributed by atoms with E-state index in [0.29, 0.717) is 10.0 Å². The van der Waals surface area contributed by atoms with Crippen LogP contribution in [0.5, 0.6) is 0 Å². The van der Waals surface area contributed by atoms with Gasteiger partial charge in [-0.15, -0.1) is 0 Å². The molecule has 96 valence electrons. The molecule has 0 saturated carbocycles. The van der Waals surface area contributed by atoms with Crippen LogP contribution in [-0.4, -0.2) is 31.9 Å². The number of carbonyl (C=O) groups is 2. The number of hydrogen-bond acceptors (Lipinski definition) is 6. The van der Waals surface area contributed by atoms with E-state index < -0.39 is 11.9 Å². The van der Waals surface area contributed by atoms with Crippen LogP contribution >= 0.6 is 11.3 Å². The fourth-order valence-electron chi connectivity index (χ4n) is 1.15. The Kier molecular flexibility index (Phi) is 3.94. The first kappa shape index (κ1) is 12.8. The van der Waals surface area contributed by atoms with Gasteiger partial charge in [0.2, 0.25) is 0 Å². The molecule has 0 aliphatic carbocycles. The zero-order chi connectivity index (χ0) is 13.7. The van der Waals surface area contributed by atoms with E-state index in [1.807, 2.05) is 0 Å². The Morgan fingerprint density at radius 3 is 2.79 bits per heavy atom. The lowest BCUT2D eigenvalue weighted by atomic mass is 10.4. The number of thiazole rings is 1. The summed E-state index contributed by atoms with van der Waals surface area (Å²) in [5.41, 5.74) is 0.181. The molecule has 0 aliphatic rings. The topological polar surface area (TPSA) is 105 Å². The van der Waals surface area contributed by atoms with Crippen LogP contribution in [0.1, 0.15) is 15.4 Å². The average molecular weight is 276 g/mol. The fraction of sp³-hybridized carbons (Fsp3) is 0. The molecular weight excluding hydrogens is 268 g/mol. The van der Waals surface area contributed by atoms with Crippen molar-refractivity contribution in [1.82, 2.24) is 15.0 Å². The van der Waals surface area contributed by atoms with Gasteiger partial charge in [0.15, 0.2) is 5.13 Å². The number of carboxylic acid groups (broad SMARTS) is 1. The summed E-state index contributed by atoms with van der Waals surface area (Å²) >= 11 is 1.16. The van der Waals surface area contributed by atoms with Gasteiger partial charge >= 0.3 is 5.97 Å². The lowest BCUT2D eigenvalue weighted by molar-refractivity contribution is -0.131. The van der Waals surface area contributed by atoms with Crippen molar-refractivity contribution >= 4 is 34.4 Å².